The lowest BCUT2D eigenvalue weighted by Crippen LogP contribution is -2.67. The highest BCUT2D eigenvalue weighted by atomic mass is 15.1. The lowest BCUT2D eigenvalue weighted by atomic mass is 9.60. The lowest BCUT2D eigenvalue weighted by molar-refractivity contribution is -0.765. The van der Waals surface area contributed by atoms with Gasteiger partial charge in [-0.05, 0) is 85.7 Å². The average Bonchev–Trinajstić information content (AvgIpc) is 2.98. The molecule has 0 spiro atoms. The molecule has 3 aromatic carbocycles. The smallest absolute Gasteiger partial charge is 0.213 e. The highest BCUT2D eigenvalue weighted by molar-refractivity contribution is 5.81. The van der Waals surface area contributed by atoms with Crippen LogP contribution in [0.2, 0.25) is 0 Å². The molecule has 0 bridgehead atoms. The van der Waals surface area contributed by atoms with E-state index in [0.717, 1.165) is 12.8 Å². The van der Waals surface area contributed by atoms with Crippen LogP contribution >= 0.6 is 0 Å². The average molecular weight is 504 g/mol. The van der Waals surface area contributed by atoms with Crippen LogP contribution in [0.4, 0.5) is 17.1 Å². The molecule has 2 heteroatoms. The summed E-state index contributed by atoms with van der Waals surface area (Å²) < 4.78 is 2.54. The molecule has 2 unspecified atom stereocenters. The first-order valence-electron chi connectivity index (χ1n) is 14.5. The first kappa shape index (κ1) is 26.2. The predicted octanol–water partition coefficient (Wildman–Crippen LogP) is 9.82. The van der Waals surface area contributed by atoms with E-state index in [0.29, 0.717) is 5.92 Å². The molecule has 1 aliphatic heterocycles. The number of pyridine rings is 1. The minimum Gasteiger partial charge on any atom is -0.310 e. The molecule has 196 valence electrons. The molecule has 1 aromatic heterocycles. The maximum Gasteiger partial charge on any atom is 0.213 e. The summed E-state index contributed by atoms with van der Waals surface area (Å²) in [6, 6.07) is 33.8. The number of nitrogens with zero attached hydrogens (tertiary/aromatic N) is 2. The quantitative estimate of drug-likeness (QED) is 0.217. The van der Waals surface area contributed by atoms with Crippen LogP contribution in [0.25, 0.3) is 11.3 Å². The van der Waals surface area contributed by atoms with Crippen molar-refractivity contribution in [2.24, 2.45) is 0 Å². The Balaban J connectivity index is 1.69. The van der Waals surface area contributed by atoms with Crippen molar-refractivity contribution in [3.05, 3.63) is 108 Å². The fourth-order valence-electron chi connectivity index (χ4n) is 6.83. The Kier molecular flexibility index (Phi) is 7.18. The van der Waals surface area contributed by atoms with Gasteiger partial charge in [0.05, 0.1) is 11.0 Å². The Hall–Kier alpha value is -3.39. The van der Waals surface area contributed by atoms with Gasteiger partial charge < -0.3 is 4.90 Å². The first-order chi connectivity index (χ1) is 18.4. The fraction of sp³-hybridized carbons (Fsp3) is 0.361. The second kappa shape index (κ2) is 10.4. The van der Waals surface area contributed by atoms with Crippen molar-refractivity contribution >= 4 is 17.1 Å². The number of hydrogen-bond acceptors (Lipinski definition) is 1. The SMILES string of the molecule is CCC(CC)c1ccc(N(c2ccccc2)c2ccc3c(c2)-c2cccc[n+]2C(C)(CC)C3(C)CC)cc1. The summed E-state index contributed by atoms with van der Waals surface area (Å²) in [6.07, 6.45) is 6.80. The van der Waals surface area contributed by atoms with Crippen molar-refractivity contribution in [1.82, 2.24) is 0 Å². The van der Waals surface area contributed by atoms with E-state index in [1.807, 2.05) is 0 Å². The molecule has 0 saturated carbocycles. The Morgan fingerprint density at radius 3 is 1.95 bits per heavy atom. The van der Waals surface area contributed by atoms with Crippen molar-refractivity contribution in [3.8, 4) is 11.3 Å². The van der Waals surface area contributed by atoms with E-state index in [1.54, 1.807) is 0 Å². The summed E-state index contributed by atoms with van der Waals surface area (Å²) in [7, 11) is 0. The minimum atomic E-state index is 0.0108. The molecule has 2 nitrogen and oxygen atoms in total. The Labute approximate surface area is 230 Å². The van der Waals surface area contributed by atoms with E-state index >= 15 is 0 Å². The summed E-state index contributed by atoms with van der Waals surface area (Å²) in [5.74, 6) is 0.617. The Morgan fingerprint density at radius 2 is 1.32 bits per heavy atom. The summed E-state index contributed by atoms with van der Waals surface area (Å²) in [5, 5.41) is 0. The van der Waals surface area contributed by atoms with Crippen LogP contribution in [0.15, 0.2) is 97.2 Å². The molecule has 38 heavy (non-hydrogen) atoms. The molecular weight excluding hydrogens is 460 g/mol. The van der Waals surface area contributed by atoms with Gasteiger partial charge in [0, 0.05) is 42.5 Å². The molecule has 0 fully saturated rings. The zero-order valence-corrected chi connectivity index (χ0v) is 24.0. The van der Waals surface area contributed by atoms with E-state index in [4.69, 9.17) is 0 Å². The topological polar surface area (TPSA) is 7.12 Å². The number of anilines is 3. The Morgan fingerprint density at radius 1 is 0.684 bits per heavy atom. The second-order valence-corrected chi connectivity index (χ2v) is 11.3. The van der Waals surface area contributed by atoms with Gasteiger partial charge in [-0.3, -0.25) is 0 Å². The lowest BCUT2D eigenvalue weighted by Gasteiger charge is -2.46. The monoisotopic (exact) mass is 503 g/mol. The van der Waals surface area contributed by atoms with E-state index in [-0.39, 0.29) is 11.0 Å². The van der Waals surface area contributed by atoms with Gasteiger partial charge in [0.2, 0.25) is 5.69 Å². The van der Waals surface area contributed by atoms with Gasteiger partial charge in [0.25, 0.3) is 0 Å². The largest absolute Gasteiger partial charge is 0.310 e. The normalized spacial score (nSPS) is 20.2. The van der Waals surface area contributed by atoms with Crippen LogP contribution in [0.1, 0.15) is 84.3 Å². The van der Waals surface area contributed by atoms with Crippen molar-refractivity contribution in [2.45, 2.75) is 84.1 Å². The highest BCUT2D eigenvalue weighted by Crippen LogP contribution is 2.50. The number of rotatable bonds is 8. The summed E-state index contributed by atoms with van der Waals surface area (Å²) in [4.78, 5) is 2.40. The maximum absolute atomic E-state index is 2.54. The van der Waals surface area contributed by atoms with Gasteiger partial charge in [-0.15, -0.1) is 0 Å². The number of aromatic nitrogens is 1. The molecule has 2 atom stereocenters. The summed E-state index contributed by atoms with van der Waals surface area (Å²) >= 11 is 0. The fourth-order valence-corrected chi connectivity index (χ4v) is 6.83. The van der Waals surface area contributed by atoms with E-state index in [9.17, 15) is 0 Å². The third-order valence-electron chi connectivity index (χ3n) is 9.73. The van der Waals surface area contributed by atoms with E-state index in [1.165, 1.54) is 52.3 Å². The van der Waals surface area contributed by atoms with Crippen LogP contribution < -0.4 is 9.47 Å². The minimum absolute atomic E-state index is 0.0108. The third-order valence-corrected chi connectivity index (χ3v) is 9.73. The molecule has 1 aliphatic rings. The van der Waals surface area contributed by atoms with Crippen LogP contribution in [-0.2, 0) is 11.0 Å². The summed E-state index contributed by atoms with van der Waals surface area (Å²) in [5.41, 5.74) is 9.14. The Bertz CT molecular complexity index is 1390. The zero-order chi connectivity index (χ0) is 26.9. The standard InChI is InChI=1S/C36H43N2/c1-7-27(8-2)28-19-21-30(22-20-28)38(29-16-12-11-13-17-29)31-23-24-33-32(26-31)34-18-14-15-25-37(34)36(6,10-4)35(33,5)9-3/h11-27H,7-10H2,1-6H3/q+1. The van der Waals surface area contributed by atoms with Crippen LogP contribution in [0.5, 0.6) is 0 Å². The predicted molar refractivity (Wildman–Crippen MR) is 162 cm³/mol. The number of fused-ring (bicyclic) bond motifs is 3. The molecule has 4 aromatic rings. The molecule has 0 saturated heterocycles. The summed E-state index contributed by atoms with van der Waals surface area (Å²) in [6.45, 7) is 14.2. The van der Waals surface area contributed by atoms with Gasteiger partial charge >= 0.3 is 0 Å². The van der Waals surface area contributed by atoms with Gasteiger partial charge in [-0.2, -0.15) is 4.57 Å². The molecule has 0 aliphatic carbocycles. The maximum atomic E-state index is 2.54. The third kappa shape index (κ3) is 4.06. The van der Waals surface area contributed by atoms with Crippen LogP contribution in [0.3, 0.4) is 0 Å². The van der Waals surface area contributed by atoms with Gasteiger partial charge in [0.15, 0.2) is 11.7 Å². The van der Waals surface area contributed by atoms with Crippen molar-refractivity contribution in [3.63, 3.8) is 0 Å². The molecular formula is C36H43N2+. The number of benzene rings is 3. The van der Waals surface area contributed by atoms with Crippen molar-refractivity contribution < 1.29 is 4.57 Å². The molecule has 5 rings (SSSR count). The van der Waals surface area contributed by atoms with Gasteiger partial charge in [-0.25, -0.2) is 0 Å². The van der Waals surface area contributed by atoms with Crippen LogP contribution in [0, 0.1) is 0 Å². The molecule has 0 radical (unpaired) electrons. The second-order valence-electron chi connectivity index (χ2n) is 11.3. The van der Waals surface area contributed by atoms with Crippen molar-refractivity contribution in [2.75, 3.05) is 4.90 Å². The van der Waals surface area contributed by atoms with Crippen molar-refractivity contribution in [1.29, 1.82) is 0 Å². The number of hydrogen-bond donors (Lipinski definition) is 0. The van der Waals surface area contributed by atoms with Gasteiger partial charge in [-0.1, -0.05) is 64.1 Å². The number of para-hydroxylation sites is 1. The van der Waals surface area contributed by atoms with E-state index in [2.05, 4.69) is 148 Å². The first-order valence-corrected chi connectivity index (χ1v) is 14.5. The molecule has 0 N–H and O–H groups in total. The van der Waals surface area contributed by atoms with Crippen LogP contribution in [-0.4, -0.2) is 0 Å². The zero-order valence-electron chi connectivity index (χ0n) is 24.0. The van der Waals surface area contributed by atoms with E-state index < -0.39 is 0 Å². The highest BCUT2D eigenvalue weighted by Gasteiger charge is 2.56. The molecule has 0 amide bonds. The molecule has 2 heterocycles. The van der Waals surface area contributed by atoms with Gasteiger partial charge in [0.1, 0.15) is 0 Å².